The number of hydrogen-bond acceptors (Lipinski definition) is 10. The topological polar surface area (TPSA) is 126 Å². The highest BCUT2D eigenvalue weighted by atomic mass is 16.6. The van der Waals surface area contributed by atoms with Gasteiger partial charge >= 0.3 is 18.2 Å². The summed E-state index contributed by atoms with van der Waals surface area (Å²) in [6.07, 6.45) is -0.449. The Morgan fingerprint density at radius 3 is 2.08 bits per heavy atom. The number of aromatic nitrogens is 1. The van der Waals surface area contributed by atoms with Crippen LogP contribution in [-0.2, 0) is 25.6 Å². The molecule has 4 rings (SSSR count). The molecule has 3 aromatic carbocycles. The van der Waals surface area contributed by atoms with Gasteiger partial charge in [-0.1, -0.05) is 36.4 Å². The number of esters is 1. The lowest BCUT2D eigenvalue weighted by molar-refractivity contribution is -0.146. The summed E-state index contributed by atoms with van der Waals surface area (Å²) in [7, 11) is 0. The monoisotopic (exact) mass is 685 g/mol. The van der Waals surface area contributed by atoms with Crippen molar-refractivity contribution < 1.29 is 38.1 Å². The molecule has 0 saturated carbocycles. The molecule has 2 amide bonds. The Morgan fingerprint density at radius 2 is 1.48 bits per heavy atom. The number of hydrogen-bond donors (Lipinski definition) is 1. The standard InChI is InChI=1S/C39H47N3O8/c1-10-46-32-23-28(16-19-31(32)48-25(2)3)33(35(43)47-24-26-14-12-11-13-15-26)41-29-17-18-30-27(22-29)20-21-40-34(30)42(36(44)49-38(4,5)6)37(45)50-39(7,8)9/h11-23,25,33,41H,10,24H2,1-9H3. The minimum atomic E-state index is -0.940. The highest BCUT2D eigenvalue weighted by molar-refractivity contribution is 6.14. The van der Waals surface area contributed by atoms with Crippen LogP contribution in [0.3, 0.4) is 0 Å². The van der Waals surface area contributed by atoms with Gasteiger partial charge in [0.05, 0.1) is 12.7 Å². The summed E-state index contributed by atoms with van der Waals surface area (Å²) < 4.78 is 28.8. The van der Waals surface area contributed by atoms with Gasteiger partial charge in [-0.15, -0.1) is 0 Å². The number of ether oxygens (including phenoxy) is 5. The second kappa shape index (κ2) is 15.9. The van der Waals surface area contributed by atoms with Gasteiger partial charge < -0.3 is 29.0 Å². The zero-order valence-corrected chi connectivity index (χ0v) is 30.2. The number of pyridine rings is 1. The normalized spacial score (nSPS) is 12.2. The summed E-state index contributed by atoms with van der Waals surface area (Å²) in [4.78, 5) is 45.7. The number of anilines is 2. The van der Waals surface area contributed by atoms with E-state index in [1.165, 1.54) is 6.20 Å². The maximum atomic E-state index is 13.8. The molecule has 1 heterocycles. The van der Waals surface area contributed by atoms with Crippen molar-refractivity contribution in [1.82, 2.24) is 4.98 Å². The van der Waals surface area contributed by atoms with Crippen molar-refractivity contribution in [2.45, 2.75) is 92.3 Å². The van der Waals surface area contributed by atoms with E-state index in [9.17, 15) is 14.4 Å². The Labute approximate surface area is 293 Å². The third-order valence-electron chi connectivity index (χ3n) is 6.84. The van der Waals surface area contributed by atoms with E-state index in [4.69, 9.17) is 23.7 Å². The van der Waals surface area contributed by atoms with E-state index in [-0.39, 0.29) is 18.5 Å². The smallest absolute Gasteiger partial charge is 0.425 e. The Hall–Kier alpha value is -5.32. The molecule has 0 aliphatic carbocycles. The van der Waals surface area contributed by atoms with E-state index in [0.29, 0.717) is 40.1 Å². The fourth-order valence-corrected chi connectivity index (χ4v) is 4.87. The predicted octanol–water partition coefficient (Wildman–Crippen LogP) is 8.99. The molecule has 0 aliphatic heterocycles. The van der Waals surface area contributed by atoms with Crippen LogP contribution in [0, 0.1) is 0 Å². The number of benzene rings is 3. The molecule has 11 heteroatoms. The van der Waals surface area contributed by atoms with E-state index in [1.54, 1.807) is 84.0 Å². The maximum Gasteiger partial charge on any atom is 0.425 e. The Kier molecular flexibility index (Phi) is 11.9. The van der Waals surface area contributed by atoms with Crippen molar-refractivity contribution in [3.05, 3.63) is 90.1 Å². The lowest BCUT2D eigenvalue weighted by atomic mass is 10.0. The van der Waals surface area contributed by atoms with Crippen LogP contribution in [0.1, 0.15) is 79.5 Å². The van der Waals surface area contributed by atoms with Crippen LogP contribution < -0.4 is 19.7 Å². The van der Waals surface area contributed by atoms with E-state index in [2.05, 4.69) is 10.3 Å². The minimum Gasteiger partial charge on any atom is -0.490 e. The van der Waals surface area contributed by atoms with Crippen LogP contribution in [0.5, 0.6) is 11.5 Å². The first kappa shape index (κ1) is 37.5. The fourth-order valence-electron chi connectivity index (χ4n) is 4.87. The van der Waals surface area contributed by atoms with Crippen molar-refractivity contribution in [2.75, 3.05) is 16.8 Å². The number of rotatable bonds is 11. The molecule has 0 bridgehead atoms. The zero-order chi connectivity index (χ0) is 36.6. The fraction of sp³-hybridized carbons (Fsp3) is 0.385. The molecule has 0 radical (unpaired) electrons. The average molecular weight is 686 g/mol. The lowest BCUT2D eigenvalue weighted by Gasteiger charge is -2.28. The molecule has 11 nitrogen and oxygen atoms in total. The van der Waals surface area contributed by atoms with Gasteiger partial charge in [0.1, 0.15) is 17.8 Å². The number of carbonyl (C=O) groups is 3. The first-order valence-corrected chi connectivity index (χ1v) is 16.6. The first-order chi connectivity index (χ1) is 23.5. The molecule has 266 valence electrons. The molecule has 0 spiro atoms. The zero-order valence-electron chi connectivity index (χ0n) is 30.2. The number of nitrogens with one attached hydrogen (secondary N) is 1. The summed E-state index contributed by atoms with van der Waals surface area (Å²) in [6.45, 7) is 16.4. The predicted molar refractivity (Wildman–Crippen MR) is 193 cm³/mol. The molecule has 0 saturated heterocycles. The van der Waals surface area contributed by atoms with E-state index < -0.39 is 35.4 Å². The molecular formula is C39H47N3O8. The molecule has 50 heavy (non-hydrogen) atoms. The summed E-state index contributed by atoms with van der Waals surface area (Å²) in [6, 6.07) is 20.8. The van der Waals surface area contributed by atoms with Crippen molar-refractivity contribution in [3.63, 3.8) is 0 Å². The number of amides is 2. The van der Waals surface area contributed by atoms with Crippen LogP contribution in [0.4, 0.5) is 21.1 Å². The molecule has 0 fully saturated rings. The third-order valence-corrected chi connectivity index (χ3v) is 6.84. The van der Waals surface area contributed by atoms with Crippen molar-refractivity contribution in [2.24, 2.45) is 0 Å². The number of fused-ring (bicyclic) bond motifs is 1. The van der Waals surface area contributed by atoms with Crippen LogP contribution in [0.25, 0.3) is 10.8 Å². The Bertz CT molecular complexity index is 1770. The molecule has 1 atom stereocenters. The van der Waals surface area contributed by atoms with E-state index >= 15 is 0 Å². The second-order valence-corrected chi connectivity index (χ2v) is 13.8. The molecule has 1 N–H and O–H groups in total. The van der Waals surface area contributed by atoms with Crippen LogP contribution in [-0.4, -0.2) is 47.1 Å². The van der Waals surface area contributed by atoms with Gasteiger partial charge in [0.25, 0.3) is 0 Å². The van der Waals surface area contributed by atoms with Crippen molar-refractivity contribution in [3.8, 4) is 11.5 Å². The highest BCUT2D eigenvalue weighted by Gasteiger charge is 2.35. The number of carbonyl (C=O) groups excluding carboxylic acids is 3. The van der Waals surface area contributed by atoms with Gasteiger partial charge in [-0.25, -0.2) is 19.4 Å². The van der Waals surface area contributed by atoms with Crippen molar-refractivity contribution in [1.29, 1.82) is 0 Å². The summed E-state index contributed by atoms with van der Waals surface area (Å²) >= 11 is 0. The lowest BCUT2D eigenvalue weighted by Crippen LogP contribution is -2.44. The molecular weight excluding hydrogens is 638 g/mol. The van der Waals surface area contributed by atoms with Gasteiger partial charge in [0, 0.05) is 17.3 Å². The first-order valence-electron chi connectivity index (χ1n) is 16.6. The van der Waals surface area contributed by atoms with Crippen molar-refractivity contribution >= 4 is 40.4 Å². The third kappa shape index (κ3) is 10.3. The van der Waals surface area contributed by atoms with Gasteiger partial charge in [-0.05, 0) is 115 Å². The molecule has 1 aromatic heterocycles. The summed E-state index contributed by atoms with van der Waals surface area (Å²) in [5.41, 5.74) is 0.242. The van der Waals surface area contributed by atoms with Gasteiger partial charge in [0.2, 0.25) is 0 Å². The summed E-state index contributed by atoms with van der Waals surface area (Å²) in [5.74, 6) is 0.594. The Morgan fingerprint density at radius 1 is 0.820 bits per heavy atom. The molecule has 4 aromatic rings. The minimum absolute atomic E-state index is 0.0402. The SMILES string of the molecule is CCOc1cc(C(Nc2ccc3c(N(C(=O)OC(C)(C)C)C(=O)OC(C)(C)C)nccc3c2)C(=O)OCc2ccccc2)ccc1OC(C)C. The molecule has 0 aliphatic rings. The van der Waals surface area contributed by atoms with Crippen LogP contribution in [0.15, 0.2) is 79.0 Å². The van der Waals surface area contributed by atoms with Crippen LogP contribution >= 0.6 is 0 Å². The Balaban J connectivity index is 1.74. The quantitative estimate of drug-likeness (QED) is 0.121. The molecule has 1 unspecified atom stereocenters. The van der Waals surface area contributed by atoms with E-state index in [0.717, 1.165) is 10.5 Å². The van der Waals surface area contributed by atoms with E-state index in [1.807, 2.05) is 51.1 Å². The second-order valence-electron chi connectivity index (χ2n) is 13.8. The average Bonchev–Trinajstić information content (AvgIpc) is 3.02. The van der Waals surface area contributed by atoms with Crippen LogP contribution in [0.2, 0.25) is 0 Å². The highest BCUT2D eigenvalue weighted by Crippen LogP contribution is 2.35. The number of imide groups is 1. The van der Waals surface area contributed by atoms with Gasteiger partial charge in [-0.2, -0.15) is 4.90 Å². The number of nitrogens with zero attached hydrogens (tertiary/aromatic N) is 2. The maximum absolute atomic E-state index is 13.8. The summed E-state index contributed by atoms with van der Waals surface area (Å²) in [5, 5.41) is 4.43. The van der Waals surface area contributed by atoms with Gasteiger partial charge in [0.15, 0.2) is 23.4 Å². The largest absolute Gasteiger partial charge is 0.490 e. The van der Waals surface area contributed by atoms with Gasteiger partial charge in [-0.3, -0.25) is 0 Å².